The number of amides is 1. The summed E-state index contributed by atoms with van der Waals surface area (Å²) in [5.41, 5.74) is 1.20. The van der Waals surface area contributed by atoms with Gasteiger partial charge in [-0.3, -0.25) is 10.1 Å². The Labute approximate surface area is 95.2 Å². The third-order valence-corrected chi connectivity index (χ3v) is 2.51. The maximum Gasteiger partial charge on any atom is 0.226 e. The predicted molar refractivity (Wildman–Crippen MR) is 61.1 cm³/mol. The molecule has 0 atom stereocenters. The van der Waals surface area contributed by atoms with Crippen LogP contribution in [0.4, 0.5) is 5.88 Å². The first-order valence-electron chi connectivity index (χ1n) is 5.40. The zero-order chi connectivity index (χ0) is 12.1. The van der Waals surface area contributed by atoms with Gasteiger partial charge in [-0.25, -0.2) is 0 Å². The number of nitrogens with zero attached hydrogens (tertiary/aromatic N) is 1. The third kappa shape index (κ3) is 2.63. The molecule has 0 aliphatic carbocycles. The summed E-state index contributed by atoms with van der Waals surface area (Å²) in [5, 5.41) is 11.6. The summed E-state index contributed by atoms with van der Waals surface area (Å²) in [5.74, 6) is 0.841. The van der Waals surface area contributed by atoms with Gasteiger partial charge in [0.05, 0.1) is 0 Å². The maximum atomic E-state index is 11.5. The molecule has 1 amide bonds. The number of nitriles is 1. The molecule has 1 aromatic heterocycles. The zero-order valence-electron chi connectivity index (χ0n) is 9.89. The molecule has 86 valence electrons. The van der Waals surface area contributed by atoms with Gasteiger partial charge in [0.2, 0.25) is 11.8 Å². The molecule has 4 nitrogen and oxygen atoms in total. The van der Waals surface area contributed by atoms with E-state index in [1.165, 1.54) is 0 Å². The lowest BCUT2D eigenvalue weighted by atomic mass is 10.2. The monoisotopic (exact) mass is 220 g/mol. The molecule has 0 aliphatic heterocycles. The fraction of sp³-hybridized carbons (Fsp3) is 0.500. The lowest BCUT2D eigenvalue weighted by Gasteiger charge is -2.01. The molecule has 1 rings (SSSR count). The summed E-state index contributed by atoms with van der Waals surface area (Å²) < 4.78 is 5.33. The van der Waals surface area contributed by atoms with Crippen molar-refractivity contribution in [1.82, 2.24) is 0 Å². The second kappa shape index (κ2) is 5.36. The molecule has 0 bridgehead atoms. The largest absolute Gasteiger partial charge is 0.444 e. The minimum absolute atomic E-state index is 0.105. The summed E-state index contributed by atoms with van der Waals surface area (Å²) in [6.45, 7) is 5.60. The molecule has 4 heteroatoms. The summed E-state index contributed by atoms with van der Waals surface area (Å²) in [6.07, 6.45) is 2.27. The predicted octanol–water partition coefficient (Wildman–Crippen LogP) is 2.90. The highest BCUT2D eigenvalue weighted by Gasteiger charge is 2.15. The van der Waals surface area contributed by atoms with Gasteiger partial charge in [-0.1, -0.05) is 13.3 Å². The van der Waals surface area contributed by atoms with E-state index in [9.17, 15) is 4.79 Å². The van der Waals surface area contributed by atoms with Crippen molar-refractivity contribution in [1.29, 1.82) is 5.26 Å². The molecular weight excluding hydrogens is 204 g/mol. The van der Waals surface area contributed by atoms with E-state index in [0.29, 0.717) is 17.7 Å². The van der Waals surface area contributed by atoms with Gasteiger partial charge in [0.25, 0.3) is 0 Å². The van der Waals surface area contributed by atoms with Gasteiger partial charge in [0.15, 0.2) is 0 Å². The van der Waals surface area contributed by atoms with Gasteiger partial charge in [0, 0.05) is 12.0 Å². The van der Waals surface area contributed by atoms with E-state index in [-0.39, 0.29) is 11.8 Å². The summed E-state index contributed by atoms with van der Waals surface area (Å²) in [4.78, 5) is 11.5. The zero-order valence-corrected chi connectivity index (χ0v) is 9.89. The van der Waals surface area contributed by atoms with E-state index in [2.05, 4.69) is 5.32 Å². The Hall–Kier alpha value is -1.76. The maximum absolute atomic E-state index is 11.5. The molecule has 0 spiro atoms. The van der Waals surface area contributed by atoms with Crippen LogP contribution in [0.2, 0.25) is 0 Å². The number of carbonyl (C=O) groups is 1. The summed E-state index contributed by atoms with van der Waals surface area (Å²) in [7, 11) is 0. The Morgan fingerprint density at radius 3 is 2.75 bits per heavy atom. The Bertz CT molecular complexity index is 427. The lowest BCUT2D eigenvalue weighted by molar-refractivity contribution is -0.116. The Morgan fingerprint density at radius 1 is 1.50 bits per heavy atom. The van der Waals surface area contributed by atoms with Gasteiger partial charge >= 0.3 is 0 Å². The van der Waals surface area contributed by atoms with Crippen molar-refractivity contribution in [2.45, 2.75) is 40.0 Å². The van der Waals surface area contributed by atoms with Gasteiger partial charge < -0.3 is 4.42 Å². The number of furan rings is 1. The average molecular weight is 220 g/mol. The van der Waals surface area contributed by atoms with Crippen LogP contribution in [0.15, 0.2) is 4.42 Å². The number of anilines is 1. The highest BCUT2D eigenvalue weighted by atomic mass is 16.4. The first-order valence-corrected chi connectivity index (χ1v) is 5.40. The van der Waals surface area contributed by atoms with Gasteiger partial charge in [-0.15, -0.1) is 0 Å². The first kappa shape index (κ1) is 12.3. The second-order valence-electron chi connectivity index (χ2n) is 3.75. The van der Waals surface area contributed by atoms with E-state index >= 15 is 0 Å². The molecule has 0 fully saturated rings. The number of nitrogens with one attached hydrogen (secondary N) is 1. The van der Waals surface area contributed by atoms with Crippen LogP contribution >= 0.6 is 0 Å². The van der Waals surface area contributed by atoms with Crippen molar-refractivity contribution >= 4 is 11.8 Å². The minimum atomic E-state index is -0.105. The number of hydrogen-bond donors (Lipinski definition) is 1. The van der Waals surface area contributed by atoms with Crippen molar-refractivity contribution in [3.63, 3.8) is 0 Å². The molecule has 1 heterocycles. The SMILES string of the molecule is CCCCC(=O)Nc1oc(C)c(C)c1C#N. The first-order chi connectivity index (χ1) is 7.60. The van der Waals surface area contributed by atoms with E-state index in [1.807, 2.05) is 13.0 Å². The number of rotatable bonds is 4. The standard InChI is InChI=1S/C12H16N2O2/c1-4-5-6-11(15)14-12-10(7-13)8(2)9(3)16-12/h4-6H2,1-3H3,(H,14,15). The number of unbranched alkanes of at least 4 members (excludes halogenated alkanes) is 1. The van der Waals surface area contributed by atoms with Crippen LogP contribution in [0.5, 0.6) is 0 Å². The molecule has 16 heavy (non-hydrogen) atoms. The fourth-order valence-corrected chi connectivity index (χ4v) is 1.38. The van der Waals surface area contributed by atoms with Crippen LogP contribution in [0, 0.1) is 25.2 Å². The molecule has 0 saturated carbocycles. The van der Waals surface area contributed by atoms with E-state index in [1.54, 1.807) is 13.8 Å². The topological polar surface area (TPSA) is 66.0 Å². The highest BCUT2D eigenvalue weighted by molar-refractivity contribution is 5.90. The van der Waals surface area contributed by atoms with E-state index < -0.39 is 0 Å². The van der Waals surface area contributed by atoms with Crippen LogP contribution in [0.3, 0.4) is 0 Å². The van der Waals surface area contributed by atoms with E-state index in [0.717, 1.165) is 18.4 Å². The second-order valence-corrected chi connectivity index (χ2v) is 3.75. The van der Waals surface area contributed by atoms with Crippen LogP contribution in [-0.4, -0.2) is 5.91 Å². The van der Waals surface area contributed by atoms with Crippen LogP contribution in [0.1, 0.15) is 43.1 Å². The van der Waals surface area contributed by atoms with Crippen molar-refractivity contribution in [3.05, 3.63) is 16.9 Å². The van der Waals surface area contributed by atoms with Gasteiger partial charge in [0.1, 0.15) is 17.4 Å². The summed E-state index contributed by atoms with van der Waals surface area (Å²) >= 11 is 0. The van der Waals surface area contributed by atoms with Crippen molar-refractivity contribution in [3.8, 4) is 6.07 Å². The van der Waals surface area contributed by atoms with Crippen molar-refractivity contribution in [2.75, 3.05) is 5.32 Å². The number of carbonyl (C=O) groups excluding carboxylic acids is 1. The third-order valence-electron chi connectivity index (χ3n) is 2.51. The molecule has 0 radical (unpaired) electrons. The number of aryl methyl sites for hydroxylation is 1. The van der Waals surface area contributed by atoms with Crippen LogP contribution in [-0.2, 0) is 4.79 Å². The van der Waals surface area contributed by atoms with Crippen molar-refractivity contribution < 1.29 is 9.21 Å². The van der Waals surface area contributed by atoms with Crippen LogP contribution < -0.4 is 5.32 Å². The molecule has 0 unspecified atom stereocenters. The van der Waals surface area contributed by atoms with Gasteiger partial charge in [-0.2, -0.15) is 5.26 Å². The van der Waals surface area contributed by atoms with Crippen molar-refractivity contribution in [2.24, 2.45) is 0 Å². The molecule has 1 aromatic rings. The highest BCUT2D eigenvalue weighted by Crippen LogP contribution is 2.25. The molecule has 0 aromatic carbocycles. The fourth-order valence-electron chi connectivity index (χ4n) is 1.38. The van der Waals surface area contributed by atoms with E-state index in [4.69, 9.17) is 9.68 Å². The summed E-state index contributed by atoms with van der Waals surface area (Å²) in [6, 6.07) is 2.04. The molecule has 1 N–H and O–H groups in total. The Morgan fingerprint density at radius 2 is 2.19 bits per heavy atom. The Kier molecular flexibility index (Phi) is 4.12. The molecule has 0 aliphatic rings. The minimum Gasteiger partial charge on any atom is -0.444 e. The molecular formula is C12H16N2O2. The van der Waals surface area contributed by atoms with Crippen LogP contribution in [0.25, 0.3) is 0 Å². The Balaban J connectivity index is 2.78. The molecule has 0 saturated heterocycles. The normalized spacial score (nSPS) is 9.88. The number of hydrogen-bond acceptors (Lipinski definition) is 3. The quantitative estimate of drug-likeness (QED) is 0.848. The lowest BCUT2D eigenvalue weighted by Crippen LogP contribution is -2.11. The smallest absolute Gasteiger partial charge is 0.226 e. The average Bonchev–Trinajstić information content (AvgIpc) is 2.51. The van der Waals surface area contributed by atoms with Gasteiger partial charge in [-0.05, 0) is 20.3 Å².